The monoisotopic (exact) mass is 323 g/mol. The largest absolute Gasteiger partial charge is 0.494 e. The lowest BCUT2D eigenvalue weighted by Crippen LogP contribution is -2.37. The van der Waals surface area contributed by atoms with Crippen molar-refractivity contribution in [3.05, 3.63) is 30.1 Å². The van der Waals surface area contributed by atoms with Gasteiger partial charge in [-0.15, -0.1) is 5.10 Å². The van der Waals surface area contributed by atoms with Gasteiger partial charge in [-0.1, -0.05) is 0 Å². The minimum absolute atomic E-state index is 0.102. The van der Waals surface area contributed by atoms with Crippen molar-refractivity contribution in [2.24, 2.45) is 0 Å². The van der Waals surface area contributed by atoms with E-state index in [1.807, 2.05) is 0 Å². The number of rotatable bonds is 6. The van der Waals surface area contributed by atoms with Gasteiger partial charge in [0.25, 0.3) is 12.3 Å². The van der Waals surface area contributed by atoms with E-state index >= 15 is 0 Å². The number of carbonyl (C=O) groups is 1. The van der Waals surface area contributed by atoms with E-state index in [-0.39, 0.29) is 6.04 Å². The first kappa shape index (κ1) is 15.3. The molecule has 3 rings (SSSR count). The Morgan fingerprint density at radius 1 is 1.48 bits per heavy atom. The number of aromatic nitrogens is 4. The molecule has 1 aliphatic rings. The summed E-state index contributed by atoms with van der Waals surface area (Å²) in [6, 6.07) is 4.58. The number of methoxy groups -OCH3 is 1. The summed E-state index contributed by atoms with van der Waals surface area (Å²) < 4.78 is 32.0. The smallest absolute Gasteiger partial charge is 0.255 e. The molecule has 0 aliphatic heterocycles. The quantitative estimate of drug-likeness (QED) is 0.806. The molecule has 0 bridgehead atoms. The molecule has 1 aliphatic carbocycles. The maximum Gasteiger partial charge on any atom is 0.255 e. The molecule has 23 heavy (non-hydrogen) atoms. The van der Waals surface area contributed by atoms with Crippen LogP contribution in [0.15, 0.2) is 24.5 Å². The van der Waals surface area contributed by atoms with Crippen molar-refractivity contribution in [1.82, 2.24) is 25.1 Å². The Labute approximate surface area is 130 Å². The maximum absolute atomic E-state index is 12.7. The summed E-state index contributed by atoms with van der Waals surface area (Å²) in [6.07, 6.45) is 0.323. The van der Waals surface area contributed by atoms with Crippen molar-refractivity contribution in [2.45, 2.75) is 25.3 Å². The Balaban J connectivity index is 1.93. The normalized spacial score (nSPS) is 14.1. The molecule has 1 saturated carbocycles. The molecule has 1 amide bonds. The van der Waals surface area contributed by atoms with E-state index in [1.165, 1.54) is 23.0 Å². The van der Waals surface area contributed by atoms with Gasteiger partial charge in [0.1, 0.15) is 17.8 Å². The number of ether oxygens (including phenoxy) is 1. The van der Waals surface area contributed by atoms with Gasteiger partial charge < -0.3 is 9.64 Å². The van der Waals surface area contributed by atoms with Gasteiger partial charge in [0.05, 0.1) is 13.7 Å². The standard InChI is InChI=1S/C14H15F2N5O2/c1-23-12-5-2-9(6-11(12)21-8-17-18-19-21)14(22)20(7-13(15)16)10-3-4-10/h2,5-6,8,10,13H,3-4,7H2,1H3. The topological polar surface area (TPSA) is 73.1 Å². The SMILES string of the molecule is COc1ccc(C(=O)N(CC(F)F)C2CC2)cc1-n1cnnn1. The van der Waals surface area contributed by atoms with Crippen LogP contribution in [0.5, 0.6) is 5.75 Å². The van der Waals surface area contributed by atoms with E-state index in [1.54, 1.807) is 18.2 Å². The van der Waals surface area contributed by atoms with E-state index in [4.69, 9.17) is 4.74 Å². The van der Waals surface area contributed by atoms with Crippen LogP contribution in [0.3, 0.4) is 0 Å². The van der Waals surface area contributed by atoms with Crippen molar-refractivity contribution >= 4 is 5.91 Å². The Kier molecular flexibility index (Phi) is 4.18. The molecule has 2 aromatic rings. The van der Waals surface area contributed by atoms with Gasteiger partial charge in [-0.05, 0) is 41.5 Å². The molecule has 0 radical (unpaired) electrons. The maximum atomic E-state index is 12.7. The van der Waals surface area contributed by atoms with Crippen LogP contribution in [0.1, 0.15) is 23.2 Å². The van der Waals surface area contributed by atoms with Crippen molar-refractivity contribution in [2.75, 3.05) is 13.7 Å². The number of alkyl halides is 2. The lowest BCUT2D eigenvalue weighted by Gasteiger charge is -2.22. The number of benzene rings is 1. The van der Waals surface area contributed by atoms with E-state index in [0.717, 1.165) is 12.8 Å². The molecule has 1 aromatic heterocycles. The Morgan fingerprint density at radius 2 is 2.26 bits per heavy atom. The molecule has 1 aromatic carbocycles. The zero-order chi connectivity index (χ0) is 16.4. The molecule has 7 nitrogen and oxygen atoms in total. The van der Waals surface area contributed by atoms with Crippen LogP contribution in [-0.2, 0) is 0 Å². The molecule has 0 atom stereocenters. The van der Waals surface area contributed by atoms with Crippen LogP contribution in [0.4, 0.5) is 8.78 Å². The van der Waals surface area contributed by atoms with Gasteiger partial charge in [-0.3, -0.25) is 4.79 Å². The third-order valence-corrected chi connectivity index (χ3v) is 3.60. The average molecular weight is 323 g/mol. The van der Waals surface area contributed by atoms with Crippen LogP contribution in [0.25, 0.3) is 5.69 Å². The van der Waals surface area contributed by atoms with Crippen LogP contribution in [-0.4, -0.2) is 57.1 Å². The van der Waals surface area contributed by atoms with Crippen LogP contribution < -0.4 is 4.74 Å². The van der Waals surface area contributed by atoms with Crippen molar-refractivity contribution < 1.29 is 18.3 Å². The molecule has 122 valence electrons. The summed E-state index contributed by atoms with van der Waals surface area (Å²) in [5.41, 5.74) is 0.764. The van der Waals surface area contributed by atoms with Crippen LogP contribution >= 0.6 is 0 Å². The summed E-state index contributed by atoms with van der Waals surface area (Å²) in [5.74, 6) is 0.0467. The Morgan fingerprint density at radius 3 is 2.83 bits per heavy atom. The van der Waals surface area contributed by atoms with Gasteiger partial charge in [0.2, 0.25) is 0 Å². The van der Waals surface area contributed by atoms with Gasteiger partial charge in [-0.25, -0.2) is 8.78 Å². The predicted octanol–water partition coefficient (Wildman–Crippen LogP) is 1.54. The average Bonchev–Trinajstić information content (AvgIpc) is 3.24. The number of amides is 1. The Hall–Kier alpha value is -2.58. The summed E-state index contributed by atoms with van der Waals surface area (Å²) in [4.78, 5) is 13.8. The van der Waals surface area contributed by atoms with Crippen LogP contribution in [0.2, 0.25) is 0 Å². The fourth-order valence-electron chi connectivity index (χ4n) is 2.37. The zero-order valence-electron chi connectivity index (χ0n) is 12.4. The molecule has 0 unspecified atom stereocenters. The molecule has 1 heterocycles. The second-order valence-electron chi connectivity index (χ2n) is 5.22. The fourth-order valence-corrected chi connectivity index (χ4v) is 2.37. The van der Waals surface area contributed by atoms with Gasteiger partial charge >= 0.3 is 0 Å². The highest BCUT2D eigenvalue weighted by Gasteiger charge is 2.34. The number of hydrogen-bond acceptors (Lipinski definition) is 5. The van der Waals surface area contributed by atoms with E-state index in [0.29, 0.717) is 17.0 Å². The third-order valence-electron chi connectivity index (χ3n) is 3.60. The van der Waals surface area contributed by atoms with Crippen molar-refractivity contribution in [3.63, 3.8) is 0 Å². The molecular weight excluding hydrogens is 308 g/mol. The Bertz CT molecular complexity index is 688. The first-order chi connectivity index (χ1) is 11.1. The highest BCUT2D eigenvalue weighted by Crippen LogP contribution is 2.30. The van der Waals surface area contributed by atoms with Crippen molar-refractivity contribution in [1.29, 1.82) is 0 Å². The molecule has 0 saturated heterocycles. The summed E-state index contributed by atoms with van der Waals surface area (Å²) >= 11 is 0. The van der Waals surface area contributed by atoms with Gasteiger partial charge in [0.15, 0.2) is 0 Å². The summed E-state index contributed by atoms with van der Waals surface area (Å²) in [7, 11) is 1.48. The lowest BCUT2D eigenvalue weighted by molar-refractivity contribution is 0.0534. The van der Waals surface area contributed by atoms with E-state index < -0.39 is 18.9 Å². The van der Waals surface area contributed by atoms with E-state index in [9.17, 15) is 13.6 Å². The van der Waals surface area contributed by atoms with Gasteiger partial charge in [-0.2, -0.15) is 4.68 Å². The summed E-state index contributed by atoms with van der Waals surface area (Å²) in [5, 5.41) is 10.9. The summed E-state index contributed by atoms with van der Waals surface area (Å²) in [6.45, 7) is -0.560. The molecule has 9 heteroatoms. The number of hydrogen-bond donors (Lipinski definition) is 0. The second-order valence-corrected chi connectivity index (χ2v) is 5.22. The number of tetrazole rings is 1. The second kappa shape index (κ2) is 6.27. The number of halogens is 2. The lowest BCUT2D eigenvalue weighted by atomic mass is 10.1. The van der Waals surface area contributed by atoms with E-state index in [2.05, 4.69) is 15.5 Å². The fraction of sp³-hybridized carbons (Fsp3) is 0.429. The van der Waals surface area contributed by atoms with Gasteiger partial charge in [0, 0.05) is 11.6 Å². The third kappa shape index (κ3) is 3.27. The van der Waals surface area contributed by atoms with Crippen molar-refractivity contribution in [3.8, 4) is 11.4 Å². The first-order valence-corrected chi connectivity index (χ1v) is 7.10. The number of carbonyl (C=O) groups excluding carboxylic acids is 1. The number of nitrogens with zero attached hydrogens (tertiary/aromatic N) is 5. The highest BCUT2D eigenvalue weighted by molar-refractivity contribution is 5.95. The predicted molar refractivity (Wildman–Crippen MR) is 75.8 cm³/mol. The highest BCUT2D eigenvalue weighted by atomic mass is 19.3. The van der Waals surface area contributed by atoms with Crippen LogP contribution in [0, 0.1) is 0 Å². The minimum atomic E-state index is -2.56. The minimum Gasteiger partial charge on any atom is -0.494 e. The molecular formula is C14H15F2N5O2. The molecule has 1 fully saturated rings. The molecule has 0 N–H and O–H groups in total. The first-order valence-electron chi connectivity index (χ1n) is 7.10. The zero-order valence-corrected chi connectivity index (χ0v) is 12.4. The molecule has 0 spiro atoms.